The Morgan fingerprint density at radius 2 is 2.30 bits per heavy atom. The predicted octanol–water partition coefficient (Wildman–Crippen LogP) is 3.10. The first-order valence-electron chi connectivity index (χ1n) is 7.03. The maximum Gasteiger partial charge on any atom is 0.137 e. The van der Waals surface area contributed by atoms with Crippen LogP contribution in [0.4, 0.5) is 5.69 Å². The first kappa shape index (κ1) is 14.0. The average molecular weight is 298 g/mol. The summed E-state index contributed by atoms with van der Waals surface area (Å²) in [6.45, 7) is 2.31. The van der Waals surface area contributed by atoms with Crippen molar-refractivity contribution in [2.45, 2.75) is 30.9 Å². The maximum atomic E-state index is 6.16. The molecule has 1 aromatic rings. The lowest BCUT2D eigenvalue weighted by Crippen LogP contribution is -2.44. The molecule has 4 nitrogen and oxygen atoms in total. The smallest absolute Gasteiger partial charge is 0.137 e. The summed E-state index contributed by atoms with van der Waals surface area (Å²) in [6.07, 6.45) is 2.98. The van der Waals surface area contributed by atoms with Gasteiger partial charge < -0.3 is 19.5 Å². The Labute approximate surface area is 124 Å². The molecular weight excluding hydrogens is 278 g/mol. The van der Waals surface area contributed by atoms with Gasteiger partial charge in [0.25, 0.3) is 0 Å². The summed E-state index contributed by atoms with van der Waals surface area (Å²) in [7, 11) is 1.62. The van der Waals surface area contributed by atoms with Crippen LogP contribution < -0.4 is 10.1 Å². The first-order chi connectivity index (χ1) is 9.71. The van der Waals surface area contributed by atoms with Crippen LogP contribution in [0.5, 0.6) is 5.75 Å². The molecule has 2 aliphatic heterocycles. The van der Waals surface area contributed by atoms with Crippen molar-refractivity contribution in [3.63, 3.8) is 0 Å². The van der Waals surface area contributed by atoms with Crippen molar-refractivity contribution in [2.75, 3.05) is 32.2 Å². The molecule has 5 heteroatoms. The fraction of sp³-hybridized carbons (Fsp3) is 0.600. The van der Waals surface area contributed by atoms with Crippen LogP contribution in [0.1, 0.15) is 19.3 Å². The lowest BCUT2D eigenvalue weighted by atomic mass is 9.89. The summed E-state index contributed by atoms with van der Waals surface area (Å²) >= 11 is 6.16. The molecule has 110 valence electrons. The number of benzene rings is 1. The third-order valence-electron chi connectivity index (χ3n) is 4.08. The largest absolute Gasteiger partial charge is 0.495 e. The van der Waals surface area contributed by atoms with Gasteiger partial charge in [-0.15, -0.1) is 0 Å². The second-order valence-electron chi connectivity index (χ2n) is 5.52. The van der Waals surface area contributed by atoms with Crippen molar-refractivity contribution in [2.24, 2.45) is 0 Å². The lowest BCUT2D eigenvalue weighted by Gasteiger charge is -2.37. The molecule has 1 aromatic carbocycles. The first-order valence-corrected chi connectivity index (χ1v) is 7.40. The molecule has 0 saturated carbocycles. The molecule has 0 radical (unpaired) electrons. The summed E-state index contributed by atoms with van der Waals surface area (Å²) in [5, 5.41) is 4.18. The highest BCUT2D eigenvalue weighted by Gasteiger charge is 2.40. The minimum absolute atomic E-state index is 0.0772. The Morgan fingerprint density at radius 3 is 3.00 bits per heavy atom. The molecule has 2 atom stereocenters. The van der Waals surface area contributed by atoms with Crippen molar-refractivity contribution in [1.29, 1.82) is 0 Å². The van der Waals surface area contributed by atoms with E-state index in [4.69, 9.17) is 25.8 Å². The van der Waals surface area contributed by atoms with Crippen molar-refractivity contribution < 1.29 is 14.2 Å². The molecule has 1 N–H and O–H groups in total. The molecule has 3 rings (SSSR count). The molecule has 2 aliphatic rings. The monoisotopic (exact) mass is 297 g/mol. The molecule has 0 bridgehead atoms. The molecule has 2 heterocycles. The molecule has 0 aliphatic carbocycles. The molecule has 1 spiro atoms. The number of hydrogen-bond donors (Lipinski definition) is 1. The highest BCUT2D eigenvalue weighted by Crippen LogP contribution is 2.35. The molecule has 2 fully saturated rings. The zero-order chi connectivity index (χ0) is 14.0. The maximum absolute atomic E-state index is 6.16. The Kier molecular flexibility index (Phi) is 4.06. The summed E-state index contributed by atoms with van der Waals surface area (Å²) in [5.74, 6) is 0.699. The van der Waals surface area contributed by atoms with Gasteiger partial charge in [-0.3, -0.25) is 0 Å². The number of ether oxygens (including phenoxy) is 3. The third kappa shape index (κ3) is 2.87. The summed E-state index contributed by atoms with van der Waals surface area (Å²) in [4.78, 5) is 0. The number of rotatable bonds is 3. The van der Waals surface area contributed by atoms with Crippen molar-refractivity contribution in [1.82, 2.24) is 0 Å². The van der Waals surface area contributed by atoms with Crippen LogP contribution in [0.2, 0.25) is 5.02 Å². The van der Waals surface area contributed by atoms with Gasteiger partial charge in [-0.05, 0) is 31.0 Å². The van der Waals surface area contributed by atoms with Crippen molar-refractivity contribution in [3.05, 3.63) is 23.2 Å². The van der Waals surface area contributed by atoms with Gasteiger partial charge in [0.15, 0.2) is 0 Å². The predicted molar refractivity (Wildman–Crippen MR) is 78.8 cm³/mol. The fourth-order valence-electron chi connectivity index (χ4n) is 3.01. The average Bonchev–Trinajstić information content (AvgIpc) is 2.87. The molecular formula is C15H20ClNO3. The number of nitrogens with one attached hydrogen (secondary N) is 1. The summed E-state index contributed by atoms with van der Waals surface area (Å²) in [5.41, 5.74) is 0.948. The van der Waals surface area contributed by atoms with Gasteiger partial charge in [-0.25, -0.2) is 0 Å². The highest BCUT2D eigenvalue weighted by molar-refractivity contribution is 6.32. The Bertz CT molecular complexity index is 474. The van der Waals surface area contributed by atoms with Crippen LogP contribution in [-0.4, -0.2) is 38.6 Å². The number of methoxy groups -OCH3 is 1. The molecule has 2 saturated heterocycles. The van der Waals surface area contributed by atoms with Gasteiger partial charge >= 0.3 is 0 Å². The van der Waals surface area contributed by atoms with E-state index in [1.54, 1.807) is 7.11 Å². The van der Waals surface area contributed by atoms with E-state index >= 15 is 0 Å². The molecule has 0 amide bonds. The second kappa shape index (κ2) is 5.80. The summed E-state index contributed by atoms with van der Waals surface area (Å²) < 4.78 is 16.6. The van der Waals surface area contributed by atoms with E-state index in [-0.39, 0.29) is 5.60 Å². The highest BCUT2D eigenvalue weighted by atomic mass is 35.5. The van der Waals surface area contributed by atoms with E-state index in [1.165, 1.54) is 0 Å². The molecule has 0 aromatic heterocycles. The van der Waals surface area contributed by atoms with E-state index in [1.807, 2.05) is 18.2 Å². The van der Waals surface area contributed by atoms with E-state index < -0.39 is 0 Å². The van der Waals surface area contributed by atoms with Crippen LogP contribution in [0.25, 0.3) is 0 Å². The standard InChI is InChI=1S/C15H20ClNO3/c1-18-14-3-2-11(8-13(14)16)17-12-4-6-20-15(9-12)5-7-19-10-15/h2-3,8,12,17H,4-7,9-10H2,1H3. The van der Waals surface area contributed by atoms with Crippen LogP contribution in [0, 0.1) is 0 Å². The van der Waals surface area contributed by atoms with Crippen molar-refractivity contribution in [3.8, 4) is 5.75 Å². The normalized spacial score (nSPS) is 29.6. The topological polar surface area (TPSA) is 39.7 Å². The van der Waals surface area contributed by atoms with Gasteiger partial charge in [0.1, 0.15) is 5.75 Å². The van der Waals surface area contributed by atoms with Crippen LogP contribution in [0.3, 0.4) is 0 Å². The third-order valence-corrected chi connectivity index (χ3v) is 4.38. The van der Waals surface area contributed by atoms with Gasteiger partial charge in [0.05, 0.1) is 24.3 Å². The minimum Gasteiger partial charge on any atom is -0.495 e. The molecule has 20 heavy (non-hydrogen) atoms. The van der Waals surface area contributed by atoms with Gasteiger partial charge in [-0.2, -0.15) is 0 Å². The van der Waals surface area contributed by atoms with Crippen LogP contribution in [-0.2, 0) is 9.47 Å². The molecule has 2 unspecified atom stereocenters. The van der Waals surface area contributed by atoms with Gasteiger partial charge in [0, 0.05) is 31.4 Å². The van der Waals surface area contributed by atoms with Gasteiger partial charge in [-0.1, -0.05) is 11.6 Å². The number of hydrogen-bond acceptors (Lipinski definition) is 4. The van der Waals surface area contributed by atoms with Crippen LogP contribution >= 0.6 is 11.6 Å². The fourth-order valence-corrected chi connectivity index (χ4v) is 3.26. The second-order valence-corrected chi connectivity index (χ2v) is 5.92. The number of halogens is 1. The minimum atomic E-state index is -0.0772. The zero-order valence-electron chi connectivity index (χ0n) is 11.7. The van der Waals surface area contributed by atoms with Crippen molar-refractivity contribution >= 4 is 17.3 Å². The number of anilines is 1. The van der Waals surface area contributed by atoms with E-state index in [9.17, 15) is 0 Å². The van der Waals surface area contributed by atoms with Crippen LogP contribution in [0.15, 0.2) is 18.2 Å². The lowest BCUT2D eigenvalue weighted by molar-refractivity contribution is -0.0828. The quantitative estimate of drug-likeness (QED) is 0.930. The summed E-state index contributed by atoms with van der Waals surface area (Å²) in [6, 6.07) is 6.19. The van der Waals surface area contributed by atoms with E-state index in [2.05, 4.69) is 5.32 Å². The zero-order valence-corrected chi connectivity index (χ0v) is 12.4. The Hall–Kier alpha value is -0.970. The van der Waals surface area contributed by atoms with E-state index in [0.717, 1.165) is 38.2 Å². The Morgan fingerprint density at radius 1 is 1.40 bits per heavy atom. The van der Waals surface area contributed by atoms with Gasteiger partial charge in [0.2, 0.25) is 0 Å². The van der Waals surface area contributed by atoms with E-state index in [0.29, 0.717) is 23.4 Å². The SMILES string of the molecule is COc1ccc(NC2CCOC3(CCOC3)C2)cc1Cl. The Balaban J connectivity index is 1.66.